The number of aryl methyl sites for hydroxylation is 2. The van der Waals surface area contributed by atoms with Crippen molar-refractivity contribution in [2.75, 3.05) is 0 Å². The number of nitrogens with zero attached hydrogens (tertiary/aromatic N) is 1. The van der Waals surface area contributed by atoms with Crippen molar-refractivity contribution in [3.63, 3.8) is 0 Å². The van der Waals surface area contributed by atoms with Crippen molar-refractivity contribution in [3.05, 3.63) is 106 Å². The number of benzene rings is 3. The first-order chi connectivity index (χ1) is 13.6. The second-order valence-corrected chi connectivity index (χ2v) is 7.25. The van der Waals surface area contributed by atoms with E-state index in [1.54, 1.807) is 6.07 Å². The van der Waals surface area contributed by atoms with E-state index in [2.05, 4.69) is 78.0 Å². The summed E-state index contributed by atoms with van der Waals surface area (Å²) in [6.07, 6.45) is 0. The molecule has 0 spiro atoms. The lowest BCUT2D eigenvalue weighted by Crippen LogP contribution is -2.25. The summed E-state index contributed by atoms with van der Waals surface area (Å²) in [6, 6.07) is 23.6. The lowest BCUT2D eigenvalue weighted by Gasteiger charge is -2.22. The van der Waals surface area contributed by atoms with Gasteiger partial charge in [0.1, 0.15) is 5.82 Å². The number of halogens is 2. The van der Waals surface area contributed by atoms with Gasteiger partial charge in [0.2, 0.25) is 0 Å². The van der Waals surface area contributed by atoms with E-state index in [0.29, 0.717) is 6.54 Å². The van der Waals surface area contributed by atoms with Gasteiger partial charge in [0.15, 0.2) is 5.96 Å². The van der Waals surface area contributed by atoms with Gasteiger partial charge < -0.3 is 10.6 Å². The summed E-state index contributed by atoms with van der Waals surface area (Å²) in [6.45, 7) is 4.69. The largest absolute Gasteiger partial charge is 0.347 e. The second-order valence-electron chi connectivity index (χ2n) is 7.25. The van der Waals surface area contributed by atoms with Crippen LogP contribution in [0.2, 0.25) is 0 Å². The molecule has 1 saturated heterocycles. The van der Waals surface area contributed by atoms with Crippen LogP contribution < -0.4 is 10.6 Å². The van der Waals surface area contributed by atoms with Gasteiger partial charge in [-0.1, -0.05) is 60.7 Å². The fourth-order valence-corrected chi connectivity index (χ4v) is 3.79. The Morgan fingerprint density at radius 3 is 1.86 bits per heavy atom. The van der Waals surface area contributed by atoms with Crippen LogP contribution in [0.15, 0.2) is 77.8 Å². The van der Waals surface area contributed by atoms with E-state index in [1.165, 1.54) is 34.4 Å². The van der Waals surface area contributed by atoms with Gasteiger partial charge in [0.25, 0.3) is 0 Å². The van der Waals surface area contributed by atoms with E-state index >= 15 is 0 Å². The zero-order valence-electron chi connectivity index (χ0n) is 16.5. The van der Waals surface area contributed by atoms with Crippen LogP contribution in [0.3, 0.4) is 0 Å². The van der Waals surface area contributed by atoms with Crippen molar-refractivity contribution >= 4 is 18.4 Å². The van der Waals surface area contributed by atoms with E-state index in [1.807, 2.05) is 6.07 Å². The number of nitrogens with one attached hydrogen (secondary N) is 2. The highest BCUT2D eigenvalue weighted by Crippen LogP contribution is 2.35. The van der Waals surface area contributed by atoms with E-state index < -0.39 is 0 Å². The molecule has 3 aromatic rings. The summed E-state index contributed by atoms with van der Waals surface area (Å²) < 4.78 is 13.4. The topological polar surface area (TPSA) is 36.4 Å². The van der Waals surface area contributed by atoms with Crippen LogP contribution in [0.4, 0.5) is 4.39 Å². The Hall–Kier alpha value is -2.85. The van der Waals surface area contributed by atoms with Crippen LogP contribution in [0.5, 0.6) is 0 Å². The maximum Gasteiger partial charge on any atom is 0.192 e. The Labute approximate surface area is 177 Å². The molecule has 0 radical (unpaired) electrons. The van der Waals surface area contributed by atoms with Crippen LogP contribution in [-0.4, -0.2) is 5.96 Å². The Bertz CT molecular complexity index is 963. The molecule has 3 aromatic carbocycles. The maximum absolute atomic E-state index is 13.4. The molecule has 150 valence electrons. The first-order valence-electron chi connectivity index (χ1n) is 9.55. The number of hydrogen-bond acceptors (Lipinski definition) is 1. The molecule has 1 heterocycles. The van der Waals surface area contributed by atoms with E-state index in [0.717, 1.165) is 11.5 Å². The van der Waals surface area contributed by atoms with Gasteiger partial charge in [-0.2, -0.15) is 0 Å². The van der Waals surface area contributed by atoms with Crippen LogP contribution in [-0.2, 0) is 6.54 Å². The first-order valence-corrected chi connectivity index (χ1v) is 9.55. The van der Waals surface area contributed by atoms with E-state index in [9.17, 15) is 4.39 Å². The SMILES string of the molecule is Cc1ccccc1C1NC(=NCc2cccc(F)c2)NC1c1ccccc1C.Cl. The summed E-state index contributed by atoms with van der Waals surface area (Å²) in [5, 5.41) is 7.11. The van der Waals surface area contributed by atoms with Crippen LogP contribution in [0, 0.1) is 19.7 Å². The standard InChI is InChI=1S/C24H24FN3.ClH/c1-16-8-3-5-12-20(16)22-23(21-13-6-4-9-17(21)2)28-24(27-22)26-15-18-10-7-11-19(25)14-18;/h3-14,22-23H,15H2,1-2H3,(H2,26,27,28);1H. The third-order valence-electron chi connectivity index (χ3n) is 5.27. The summed E-state index contributed by atoms with van der Waals surface area (Å²) >= 11 is 0. The smallest absolute Gasteiger partial charge is 0.192 e. The minimum atomic E-state index is -0.236. The molecule has 5 heteroatoms. The Morgan fingerprint density at radius 2 is 1.34 bits per heavy atom. The summed E-state index contributed by atoms with van der Waals surface area (Å²) in [4.78, 5) is 4.67. The highest BCUT2D eigenvalue weighted by molar-refractivity contribution is 5.85. The van der Waals surface area contributed by atoms with Crippen molar-refractivity contribution in [1.29, 1.82) is 0 Å². The molecule has 2 N–H and O–H groups in total. The van der Waals surface area contributed by atoms with Crippen molar-refractivity contribution in [2.24, 2.45) is 4.99 Å². The average Bonchev–Trinajstić information content (AvgIpc) is 3.11. The number of rotatable bonds is 4. The molecule has 0 aliphatic carbocycles. The molecule has 2 unspecified atom stereocenters. The summed E-state index contributed by atoms with van der Waals surface area (Å²) in [5.41, 5.74) is 5.83. The molecule has 3 nitrogen and oxygen atoms in total. The van der Waals surface area contributed by atoms with Crippen molar-refractivity contribution in [2.45, 2.75) is 32.5 Å². The minimum Gasteiger partial charge on any atom is -0.347 e. The fourth-order valence-electron chi connectivity index (χ4n) is 3.79. The van der Waals surface area contributed by atoms with Crippen molar-refractivity contribution < 1.29 is 4.39 Å². The zero-order chi connectivity index (χ0) is 19.5. The van der Waals surface area contributed by atoms with Gasteiger partial charge in [-0.05, 0) is 53.8 Å². The van der Waals surface area contributed by atoms with E-state index in [-0.39, 0.29) is 30.3 Å². The van der Waals surface area contributed by atoms with Crippen LogP contribution >= 0.6 is 12.4 Å². The first kappa shape index (κ1) is 20.9. The van der Waals surface area contributed by atoms with Gasteiger partial charge in [-0.15, -0.1) is 12.4 Å². The highest BCUT2D eigenvalue weighted by atomic mass is 35.5. The lowest BCUT2D eigenvalue weighted by molar-refractivity contribution is 0.549. The molecular weight excluding hydrogens is 385 g/mol. The molecule has 0 bridgehead atoms. The van der Waals surface area contributed by atoms with Crippen LogP contribution in [0.25, 0.3) is 0 Å². The van der Waals surface area contributed by atoms with Gasteiger partial charge in [0, 0.05) is 0 Å². The lowest BCUT2D eigenvalue weighted by atomic mass is 9.90. The Balaban J connectivity index is 0.00000240. The molecule has 1 aliphatic heterocycles. The fraction of sp³-hybridized carbons (Fsp3) is 0.208. The van der Waals surface area contributed by atoms with Gasteiger partial charge >= 0.3 is 0 Å². The molecule has 29 heavy (non-hydrogen) atoms. The third-order valence-corrected chi connectivity index (χ3v) is 5.27. The minimum absolute atomic E-state index is 0. The maximum atomic E-state index is 13.4. The second kappa shape index (κ2) is 9.10. The molecule has 1 fully saturated rings. The molecular formula is C24H25ClFN3. The monoisotopic (exact) mass is 409 g/mol. The summed E-state index contributed by atoms with van der Waals surface area (Å²) in [5.74, 6) is 0.506. The Kier molecular flexibility index (Phi) is 6.55. The predicted octanol–water partition coefficient (Wildman–Crippen LogP) is 5.40. The summed E-state index contributed by atoms with van der Waals surface area (Å²) in [7, 11) is 0. The molecule has 4 rings (SSSR count). The average molecular weight is 410 g/mol. The van der Waals surface area contributed by atoms with Crippen molar-refractivity contribution in [3.8, 4) is 0 Å². The van der Waals surface area contributed by atoms with E-state index in [4.69, 9.17) is 0 Å². The normalized spacial score (nSPS) is 17.8. The zero-order valence-corrected chi connectivity index (χ0v) is 17.3. The predicted molar refractivity (Wildman–Crippen MR) is 119 cm³/mol. The van der Waals surface area contributed by atoms with Crippen molar-refractivity contribution in [1.82, 2.24) is 10.6 Å². The molecule has 0 amide bonds. The highest BCUT2D eigenvalue weighted by Gasteiger charge is 2.34. The van der Waals surface area contributed by atoms with Gasteiger partial charge in [-0.25, -0.2) is 9.38 Å². The number of hydrogen-bond donors (Lipinski definition) is 2. The third kappa shape index (κ3) is 4.60. The van der Waals surface area contributed by atoms with Gasteiger partial charge in [0.05, 0.1) is 18.6 Å². The molecule has 0 aromatic heterocycles. The number of guanidine groups is 1. The molecule has 2 atom stereocenters. The Morgan fingerprint density at radius 1 is 0.793 bits per heavy atom. The molecule has 0 saturated carbocycles. The quantitative estimate of drug-likeness (QED) is 0.605. The van der Waals surface area contributed by atoms with Gasteiger partial charge in [-0.3, -0.25) is 0 Å². The van der Waals surface area contributed by atoms with Crippen LogP contribution in [0.1, 0.15) is 39.9 Å². The molecule has 1 aliphatic rings. The number of aliphatic imine (C=N–C) groups is 1.